The number of benzene rings is 3. The molecule has 0 bridgehead atoms. The normalized spacial score (nSPS) is 15.6. The first kappa shape index (κ1) is 23.3. The molecule has 4 aromatic rings. The van der Waals surface area contributed by atoms with Crippen molar-refractivity contribution in [1.29, 1.82) is 0 Å². The summed E-state index contributed by atoms with van der Waals surface area (Å²) in [6, 6.07) is 25.5. The Morgan fingerprint density at radius 2 is 1.69 bits per heavy atom. The summed E-state index contributed by atoms with van der Waals surface area (Å²) in [5.41, 5.74) is 9.42. The van der Waals surface area contributed by atoms with Crippen LogP contribution in [0.1, 0.15) is 59.1 Å². The van der Waals surface area contributed by atoms with Crippen LogP contribution in [0.2, 0.25) is 0 Å². The van der Waals surface area contributed by atoms with Gasteiger partial charge in [-0.25, -0.2) is 4.98 Å². The SMILES string of the molecule is Cc1ccc(CSc2nc3c(c(=O)n2Cc2ccccc2)C2(CCCC2)Cc2ccccc2-3)c(C)c1. The van der Waals surface area contributed by atoms with Crippen LogP contribution in [0.3, 0.4) is 0 Å². The van der Waals surface area contributed by atoms with Crippen molar-refractivity contribution in [2.24, 2.45) is 0 Å². The fourth-order valence-electron chi connectivity index (χ4n) is 6.21. The van der Waals surface area contributed by atoms with Gasteiger partial charge < -0.3 is 0 Å². The lowest BCUT2D eigenvalue weighted by atomic mass is 9.68. The molecule has 0 amide bonds. The highest BCUT2D eigenvalue weighted by molar-refractivity contribution is 7.98. The Bertz CT molecular complexity index is 1480. The highest BCUT2D eigenvalue weighted by Gasteiger charge is 2.44. The quantitative estimate of drug-likeness (QED) is 0.218. The van der Waals surface area contributed by atoms with E-state index in [-0.39, 0.29) is 11.0 Å². The van der Waals surface area contributed by atoms with Gasteiger partial charge in [-0.15, -0.1) is 0 Å². The van der Waals surface area contributed by atoms with Crippen molar-refractivity contribution in [3.63, 3.8) is 0 Å². The minimum Gasteiger partial charge on any atom is -0.283 e. The lowest BCUT2D eigenvalue weighted by Gasteiger charge is -2.36. The number of nitrogens with zero attached hydrogens (tertiary/aromatic N) is 2. The van der Waals surface area contributed by atoms with E-state index in [0.29, 0.717) is 6.54 Å². The van der Waals surface area contributed by atoms with E-state index in [2.05, 4.69) is 68.4 Å². The Balaban J connectivity index is 1.52. The molecular weight excluding hydrogens is 460 g/mol. The molecule has 1 aromatic heterocycles. The predicted molar refractivity (Wildman–Crippen MR) is 149 cm³/mol. The molecule has 1 saturated carbocycles. The number of thioether (sulfide) groups is 1. The van der Waals surface area contributed by atoms with Crippen LogP contribution in [-0.4, -0.2) is 9.55 Å². The average Bonchev–Trinajstić information content (AvgIpc) is 3.34. The number of aromatic nitrogens is 2. The molecule has 2 aliphatic carbocycles. The number of fused-ring (bicyclic) bond motifs is 4. The topological polar surface area (TPSA) is 34.9 Å². The third kappa shape index (κ3) is 4.12. The van der Waals surface area contributed by atoms with Crippen LogP contribution in [0, 0.1) is 13.8 Å². The van der Waals surface area contributed by atoms with E-state index in [0.717, 1.165) is 52.6 Å². The summed E-state index contributed by atoms with van der Waals surface area (Å²) < 4.78 is 1.95. The smallest absolute Gasteiger partial charge is 0.258 e. The summed E-state index contributed by atoms with van der Waals surface area (Å²) in [4.78, 5) is 19.8. The molecule has 2 aliphatic rings. The number of aryl methyl sites for hydroxylation is 2. The van der Waals surface area contributed by atoms with Crippen molar-refractivity contribution in [3.8, 4) is 11.3 Å². The third-order valence-corrected chi connectivity index (χ3v) is 9.09. The molecule has 3 nitrogen and oxygen atoms in total. The molecule has 36 heavy (non-hydrogen) atoms. The van der Waals surface area contributed by atoms with Gasteiger partial charge in [0.15, 0.2) is 5.16 Å². The first-order valence-electron chi connectivity index (χ1n) is 13.0. The average molecular weight is 493 g/mol. The predicted octanol–water partition coefficient (Wildman–Crippen LogP) is 7.24. The number of hydrogen-bond acceptors (Lipinski definition) is 3. The summed E-state index contributed by atoms with van der Waals surface area (Å²) in [7, 11) is 0. The van der Waals surface area contributed by atoms with Gasteiger partial charge in [-0.05, 0) is 55.4 Å². The summed E-state index contributed by atoms with van der Waals surface area (Å²) in [6.45, 7) is 4.84. The van der Waals surface area contributed by atoms with Crippen molar-refractivity contribution in [3.05, 3.63) is 117 Å². The highest BCUT2D eigenvalue weighted by atomic mass is 32.2. The lowest BCUT2D eigenvalue weighted by Crippen LogP contribution is -2.40. The molecule has 182 valence electrons. The fraction of sp³-hybridized carbons (Fsp3) is 0.312. The van der Waals surface area contributed by atoms with E-state index < -0.39 is 0 Å². The highest BCUT2D eigenvalue weighted by Crippen LogP contribution is 2.50. The van der Waals surface area contributed by atoms with E-state index in [1.807, 2.05) is 22.8 Å². The molecule has 0 aliphatic heterocycles. The van der Waals surface area contributed by atoms with Crippen molar-refractivity contribution in [2.75, 3.05) is 0 Å². The van der Waals surface area contributed by atoms with Crippen molar-refractivity contribution in [1.82, 2.24) is 9.55 Å². The van der Waals surface area contributed by atoms with E-state index in [1.54, 1.807) is 11.8 Å². The molecule has 0 N–H and O–H groups in total. The summed E-state index contributed by atoms with van der Waals surface area (Å²) in [5.74, 6) is 0.791. The van der Waals surface area contributed by atoms with Gasteiger partial charge in [-0.1, -0.05) is 103 Å². The maximum Gasteiger partial charge on any atom is 0.258 e. The van der Waals surface area contributed by atoms with Gasteiger partial charge in [0, 0.05) is 16.7 Å². The fourth-order valence-corrected chi connectivity index (χ4v) is 7.28. The summed E-state index contributed by atoms with van der Waals surface area (Å²) in [5, 5.41) is 0.812. The van der Waals surface area contributed by atoms with Gasteiger partial charge in [-0.3, -0.25) is 9.36 Å². The number of rotatable bonds is 5. The molecule has 0 radical (unpaired) electrons. The van der Waals surface area contributed by atoms with Gasteiger partial charge >= 0.3 is 0 Å². The third-order valence-electron chi connectivity index (χ3n) is 8.06. The van der Waals surface area contributed by atoms with Crippen LogP contribution in [-0.2, 0) is 24.1 Å². The monoisotopic (exact) mass is 492 g/mol. The largest absolute Gasteiger partial charge is 0.283 e. The van der Waals surface area contributed by atoms with Crippen molar-refractivity contribution < 1.29 is 0 Å². The van der Waals surface area contributed by atoms with E-state index >= 15 is 0 Å². The minimum absolute atomic E-state index is 0.0804. The Labute approximate surface area is 217 Å². The molecule has 0 atom stereocenters. The van der Waals surface area contributed by atoms with E-state index in [9.17, 15) is 4.79 Å². The molecular formula is C32H32N2OS. The molecule has 4 heteroatoms. The van der Waals surface area contributed by atoms with E-state index in [4.69, 9.17) is 4.98 Å². The summed E-state index contributed by atoms with van der Waals surface area (Å²) in [6.07, 6.45) is 5.47. The zero-order chi connectivity index (χ0) is 24.7. The molecule has 6 rings (SSSR count). The van der Waals surface area contributed by atoms with Crippen LogP contribution in [0.4, 0.5) is 0 Å². The van der Waals surface area contributed by atoms with Gasteiger partial charge in [0.1, 0.15) is 0 Å². The van der Waals surface area contributed by atoms with Gasteiger partial charge in [0.05, 0.1) is 17.8 Å². The lowest BCUT2D eigenvalue weighted by molar-refractivity contribution is 0.417. The van der Waals surface area contributed by atoms with Crippen LogP contribution >= 0.6 is 11.8 Å². The number of hydrogen-bond donors (Lipinski definition) is 0. The standard InChI is InChI=1S/C32H32N2OS/c1-22-14-15-26(23(2)18-22)21-36-31-33-29-27-13-7-6-12-25(27)19-32(16-8-9-17-32)28(29)30(35)34(31)20-24-10-4-3-5-11-24/h3-7,10-15,18H,8-9,16-17,19-21H2,1-2H3. The molecule has 0 saturated heterocycles. The van der Waals surface area contributed by atoms with Crippen molar-refractivity contribution >= 4 is 11.8 Å². The van der Waals surface area contributed by atoms with E-state index in [1.165, 1.54) is 35.1 Å². The second kappa shape index (κ2) is 9.40. The second-order valence-corrected chi connectivity index (χ2v) is 11.5. The second-order valence-electron chi connectivity index (χ2n) is 10.5. The zero-order valence-electron chi connectivity index (χ0n) is 21.1. The zero-order valence-corrected chi connectivity index (χ0v) is 21.9. The molecule has 1 fully saturated rings. The minimum atomic E-state index is -0.0804. The Morgan fingerprint density at radius 3 is 2.47 bits per heavy atom. The van der Waals surface area contributed by atoms with Crippen molar-refractivity contribution in [2.45, 2.75) is 68.8 Å². The van der Waals surface area contributed by atoms with Crippen LogP contribution in [0.5, 0.6) is 0 Å². The molecule has 1 heterocycles. The molecule has 1 spiro atoms. The maximum atomic E-state index is 14.4. The van der Waals surface area contributed by atoms with Gasteiger partial charge in [0.2, 0.25) is 0 Å². The molecule has 0 unspecified atom stereocenters. The van der Waals surface area contributed by atoms with Crippen LogP contribution in [0.25, 0.3) is 11.3 Å². The first-order valence-corrected chi connectivity index (χ1v) is 14.0. The Morgan fingerprint density at radius 1 is 0.944 bits per heavy atom. The summed E-state index contributed by atoms with van der Waals surface area (Å²) >= 11 is 1.68. The first-order chi connectivity index (χ1) is 17.5. The van der Waals surface area contributed by atoms with Gasteiger partial charge in [0.25, 0.3) is 5.56 Å². The Kier molecular flexibility index (Phi) is 6.08. The molecule has 3 aromatic carbocycles. The van der Waals surface area contributed by atoms with Crippen LogP contribution in [0.15, 0.2) is 82.7 Å². The van der Waals surface area contributed by atoms with Gasteiger partial charge in [-0.2, -0.15) is 0 Å². The van der Waals surface area contributed by atoms with Crippen LogP contribution < -0.4 is 5.56 Å². The Hall–Kier alpha value is -3.11. The maximum absolute atomic E-state index is 14.4.